The molecule has 144 valence electrons. The summed E-state index contributed by atoms with van der Waals surface area (Å²) < 4.78 is 58.6. The van der Waals surface area contributed by atoms with Gasteiger partial charge in [-0.25, -0.2) is 19.4 Å². The van der Waals surface area contributed by atoms with Gasteiger partial charge in [0.1, 0.15) is 11.6 Å². The number of fused-ring (bicyclic) bond motifs is 1. The maximum Gasteiger partial charge on any atom is 0.450 e. The number of pyridine rings is 1. The lowest BCUT2D eigenvalue weighted by atomic mass is 10.1. The Morgan fingerprint density at radius 2 is 2.04 bits per heavy atom. The predicted octanol–water partition coefficient (Wildman–Crippen LogP) is 4.99. The molecule has 3 rings (SSSR count). The zero-order valence-corrected chi connectivity index (χ0v) is 14.6. The molecule has 0 aliphatic heterocycles. The van der Waals surface area contributed by atoms with E-state index in [1.54, 1.807) is 13.0 Å². The topological polar surface area (TPSA) is 51.2 Å². The van der Waals surface area contributed by atoms with Crippen molar-refractivity contribution in [2.75, 3.05) is 0 Å². The SMILES string of the molecule is C=N/C(=N\C=C(/C)c1ccc2cnc(C(F)(F)F)n2c1)Oc1cccc(F)c1. The van der Waals surface area contributed by atoms with E-state index in [0.29, 0.717) is 16.7 Å². The molecule has 0 aliphatic rings. The minimum atomic E-state index is -4.57. The highest BCUT2D eigenvalue weighted by Crippen LogP contribution is 2.29. The highest BCUT2D eigenvalue weighted by molar-refractivity contribution is 5.82. The van der Waals surface area contributed by atoms with Crippen molar-refractivity contribution in [2.45, 2.75) is 13.1 Å². The van der Waals surface area contributed by atoms with Gasteiger partial charge in [-0.05, 0) is 43.0 Å². The van der Waals surface area contributed by atoms with Gasteiger partial charge in [0.2, 0.25) is 5.82 Å². The van der Waals surface area contributed by atoms with Crippen LogP contribution in [0.15, 0.2) is 65.0 Å². The second kappa shape index (κ2) is 7.63. The lowest BCUT2D eigenvalue weighted by Gasteiger charge is -2.07. The molecule has 0 saturated heterocycles. The number of nitrogens with zero attached hydrogens (tertiary/aromatic N) is 4. The van der Waals surface area contributed by atoms with Crippen molar-refractivity contribution in [3.8, 4) is 5.75 Å². The molecule has 9 heteroatoms. The van der Waals surface area contributed by atoms with Crippen LogP contribution in [-0.2, 0) is 6.18 Å². The smallest absolute Gasteiger partial charge is 0.424 e. The van der Waals surface area contributed by atoms with Crippen molar-refractivity contribution >= 4 is 23.8 Å². The standard InChI is InChI=1S/C19H14F4N4O/c1-12(9-26-18(24-2)28-16-5-3-4-14(20)8-16)13-6-7-15-10-25-17(19(21,22)23)27(15)11-13/h3-11H,2H2,1H3/b12-9+,26-18+. The summed E-state index contributed by atoms with van der Waals surface area (Å²) in [5.41, 5.74) is 1.36. The first kappa shape index (κ1) is 19.3. The van der Waals surface area contributed by atoms with Crippen LogP contribution in [0, 0.1) is 5.82 Å². The Balaban J connectivity index is 1.89. The number of alkyl halides is 3. The van der Waals surface area contributed by atoms with Crippen molar-refractivity contribution in [1.82, 2.24) is 9.38 Å². The number of ether oxygens (including phenoxy) is 1. The van der Waals surface area contributed by atoms with E-state index in [4.69, 9.17) is 4.74 Å². The Labute approximate surface area is 157 Å². The van der Waals surface area contributed by atoms with E-state index < -0.39 is 17.8 Å². The Morgan fingerprint density at radius 1 is 1.25 bits per heavy atom. The number of benzene rings is 1. The largest absolute Gasteiger partial charge is 0.450 e. The van der Waals surface area contributed by atoms with Crippen molar-refractivity contribution < 1.29 is 22.3 Å². The molecule has 3 aromatic rings. The van der Waals surface area contributed by atoms with Crippen molar-refractivity contribution in [3.05, 3.63) is 72.2 Å². The molecule has 0 fully saturated rings. The van der Waals surface area contributed by atoms with Crippen LogP contribution in [0.5, 0.6) is 5.75 Å². The summed E-state index contributed by atoms with van der Waals surface area (Å²) in [5.74, 6) is -1.31. The van der Waals surface area contributed by atoms with Crippen LogP contribution in [0.4, 0.5) is 17.6 Å². The van der Waals surface area contributed by atoms with Gasteiger partial charge < -0.3 is 4.74 Å². The monoisotopic (exact) mass is 390 g/mol. The second-order valence-electron chi connectivity index (χ2n) is 5.73. The lowest BCUT2D eigenvalue weighted by Crippen LogP contribution is -2.10. The van der Waals surface area contributed by atoms with Crippen molar-refractivity contribution in [1.29, 1.82) is 0 Å². The van der Waals surface area contributed by atoms with E-state index >= 15 is 0 Å². The molecule has 0 amide bonds. The molecule has 1 aromatic carbocycles. The molecule has 0 atom stereocenters. The van der Waals surface area contributed by atoms with Crippen LogP contribution in [0.3, 0.4) is 0 Å². The average molecular weight is 390 g/mol. The summed E-state index contributed by atoms with van der Waals surface area (Å²) in [4.78, 5) is 11.1. The van der Waals surface area contributed by atoms with Gasteiger partial charge in [0, 0.05) is 18.5 Å². The first-order valence-corrected chi connectivity index (χ1v) is 7.97. The van der Waals surface area contributed by atoms with Crippen LogP contribution < -0.4 is 4.74 Å². The number of allylic oxidation sites excluding steroid dienone is 1. The fourth-order valence-corrected chi connectivity index (χ4v) is 2.40. The van der Waals surface area contributed by atoms with E-state index in [9.17, 15) is 17.6 Å². The van der Waals surface area contributed by atoms with Gasteiger partial charge >= 0.3 is 12.2 Å². The molecular weight excluding hydrogens is 376 g/mol. The van der Waals surface area contributed by atoms with Gasteiger partial charge in [-0.15, -0.1) is 0 Å². The third kappa shape index (κ3) is 4.25. The van der Waals surface area contributed by atoms with Crippen LogP contribution >= 0.6 is 0 Å². The Morgan fingerprint density at radius 3 is 2.71 bits per heavy atom. The summed E-state index contributed by atoms with van der Waals surface area (Å²) in [6.45, 7) is 5.00. The zero-order valence-electron chi connectivity index (χ0n) is 14.6. The Kier molecular flexibility index (Phi) is 5.25. The van der Waals surface area contributed by atoms with E-state index in [1.807, 2.05) is 0 Å². The number of hydrogen-bond donors (Lipinski definition) is 0. The second-order valence-corrected chi connectivity index (χ2v) is 5.73. The summed E-state index contributed by atoms with van der Waals surface area (Å²) in [7, 11) is 0. The van der Waals surface area contributed by atoms with Crippen molar-refractivity contribution in [2.24, 2.45) is 9.98 Å². The summed E-state index contributed by atoms with van der Waals surface area (Å²) in [6.07, 6.45) is -0.731. The molecule has 0 radical (unpaired) electrons. The fraction of sp³-hybridized carbons (Fsp3) is 0.105. The highest BCUT2D eigenvalue weighted by Gasteiger charge is 2.35. The van der Waals surface area contributed by atoms with Crippen molar-refractivity contribution in [3.63, 3.8) is 0 Å². The van der Waals surface area contributed by atoms with Gasteiger partial charge in [0.25, 0.3) is 0 Å². The summed E-state index contributed by atoms with van der Waals surface area (Å²) in [6, 6.07) is 8.43. The summed E-state index contributed by atoms with van der Waals surface area (Å²) in [5, 5.41) is 0. The molecule has 0 spiro atoms. The van der Waals surface area contributed by atoms with E-state index in [1.165, 1.54) is 36.7 Å². The maximum absolute atomic E-state index is 13.2. The molecule has 0 saturated carbocycles. The maximum atomic E-state index is 13.2. The number of amidine groups is 1. The molecule has 0 unspecified atom stereocenters. The van der Waals surface area contributed by atoms with E-state index in [2.05, 4.69) is 21.7 Å². The van der Waals surface area contributed by atoms with Gasteiger partial charge in [0.05, 0.1) is 11.7 Å². The number of rotatable bonds is 3. The van der Waals surface area contributed by atoms with Gasteiger partial charge in [-0.1, -0.05) is 12.1 Å². The van der Waals surface area contributed by atoms with E-state index in [0.717, 1.165) is 16.7 Å². The molecule has 0 aliphatic carbocycles. The number of hydrogen-bond acceptors (Lipinski definition) is 3. The van der Waals surface area contributed by atoms with Gasteiger partial charge in [0.15, 0.2) is 0 Å². The normalized spacial score (nSPS) is 13.0. The molecule has 2 aromatic heterocycles. The number of aromatic nitrogens is 2. The van der Waals surface area contributed by atoms with Gasteiger partial charge in [-0.3, -0.25) is 4.40 Å². The van der Waals surface area contributed by atoms with Crippen LogP contribution in [0.1, 0.15) is 18.3 Å². The first-order chi connectivity index (χ1) is 13.3. The number of imidazole rings is 1. The predicted molar refractivity (Wildman–Crippen MR) is 97.9 cm³/mol. The Hall–Kier alpha value is -3.49. The summed E-state index contributed by atoms with van der Waals surface area (Å²) >= 11 is 0. The Bertz CT molecular complexity index is 1080. The number of aliphatic imine (C=N–C) groups is 2. The molecule has 28 heavy (non-hydrogen) atoms. The van der Waals surface area contributed by atoms with Crippen LogP contribution in [-0.4, -0.2) is 22.1 Å². The van der Waals surface area contributed by atoms with Crippen LogP contribution in [0.2, 0.25) is 0 Å². The lowest BCUT2D eigenvalue weighted by molar-refractivity contribution is -0.145. The zero-order chi connectivity index (χ0) is 20.3. The average Bonchev–Trinajstić information content (AvgIpc) is 3.08. The minimum Gasteiger partial charge on any atom is -0.424 e. The first-order valence-electron chi connectivity index (χ1n) is 7.97. The quantitative estimate of drug-likeness (QED) is 0.359. The van der Waals surface area contributed by atoms with Gasteiger partial charge in [-0.2, -0.15) is 13.2 Å². The highest BCUT2D eigenvalue weighted by atomic mass is 19.4. The molecule has 2 heterocycles. The number of halogens is 4. The van der Waals surface area contributed by atoms with E-state index in [-0.39, 0.29) is 11.8 Å². The fourth-order valence-electron chi connectivity index (χ4n) is 2.40. The molecule has 0 bridgehead atoms. The molecule has 0 N–H and O–H groups in total. The third-order valence-corrected chi connectivity index (χ3v) is 3.75. The third-order valence-electron chi connectivity index (χ3n) is 3.75. The molecular formula is C19H14F4N4O. The van der Waals surface area contributed by atoms with Crippen LogP contribution in [0.25, 0.3) is 11.1 Å². The molecule has 5 nitrogen and oxygen atoms in total. The minimum absolute atomic E-state index is 0.135.